The van der Waals surface area contributed by atoms with Crippen molar-refractivity contribution in [1.29, 1.82) is 5.41 Å². The minimum absolute atomic E-state index is 0.0470. The van der Waals surface area contributed by atoms with Gasteiger partial charge in [0.25, 0.3) is 0 Å². The Morgan fingerprint density at radius 1 is 1.05 bits per heavy atom. The molecule has 1 unspecified atom stereocenters. The van der Waals surface area contributed by atoms with Gasteiger partial charge in [0.15, 0.2) is 0 Å². The van der Waals surface area contributed by atoms with Crippen molar-refractivity contribution >= 4 is 11.7 Å². The highest BCUT2D eigenvalue weighted by Gasteiger charge is 2.21. The number of hydrogen-bond acceptors (Lipinski definition) is 5. The maximum Gasteiger partial charge on any atom is 0.248 e. The van der Waals surface area contributed by atoms with E-state index in [1.807, 2.05) is 48.5 Å². The molecule has 1 atom stereocenters. The van der Waals surface area contributed by atoms with Crippen LogP contribution in [-0.2, 0) is 9.63 Å². The Kier molecular flexibility index (Phi) is 5.79. The summed E-state index contributed by atoms with van der Waals surface area (Å²) in [7, 11) is 1.44. The van der Waals surface area contributed by atoms with E-state index in [2.05, 4.69) is 16.3 Å². The molecule has 0 saturated heterocycles. The third-order valence-corrected chi connectivity index (χ3v) is 3.01. The van der Waals surface area contributed by atoms with Gasteiger partial charge in [-0.25, -0.2) is 5.43 Å². The van der Waals surface area contributed by atoms with Crippen LogP contribution in [0.4, 0.5) is 0 Å². The van der Waals surface area contributed by atoms with Gasteiger partial charge in [-0.2, -0.15) is 0 Å². The number of amidine groups is 1. The molecule has 0 bridgehead atoms. The van der Waals surface area contributed by atoms with Crippen LogP contribution in [0.3, 0.4) is 0 Å². The molecule has 0 spiro atoms. The van der Waals surface area contributed by atoms with Gasteiger partial charge in [0, 0.05) is 5.56 Å². The van der Waals surface area contributed by atoms with Gasteiger partial charge in [0.2, 0.25) is 5.91 Å². The highest BCUT2D eigenvalue weighted by atomic mass is 16.7. The summed E-state index contributed by atoms with van der Waals surface area (Å²) < 4.78 is 0. The number of nitrogens with one attached hydrogen (secondary N) is 4. The van der Waals surface area contributed by atoms with Crippen molar-refractivity contribution in [1.82, 2.24) is 16.3 Å². The van der Waals surface area contributed by atoms with Crippen molar-refractivity contribution in [3.8, 4) is 0 Å². The Morgan fingerprint density at radius 3 is 2.23 bits per heavy atom. The summed E-state index contributed by atoms with van der Waals surface area (Å²) in [5, 5.41) is 10.6. The predicted octanol–water partition coefficient (Wildman–Crippen LogP) is 1.53. The number of hydrazine groups is 1. The summed E-state index contributed by atoms with van der Waals surface area (Å²) in [4.78, 5) is 17.2. The second kappa shape index (κ2) is 8.04. The summed E-state index contributed by atoms with van der Waals surface area (Å²) in [6.07, 6.45) is 0. The fourth-order valence-corrected chi connectivity index (χ4v) is 1.94. The molecular weight excluding hydrogens is 280 g/mol. The van der Waals surface area contributed by atoms with Gasteiger partial charge in [-0.15, -0.1) is 5.59 Å². The molecule has 0 radical (unpaired) electrons. The molecule has 6 nitrogen and oxygen atoms in total. The van der Waals surface area contributed by atoms with E-state index in [0.29, 0.717) is 5.56 Å². The van der Waals surface area contributed by atoms with Crippen LogP contribution in [0.15, 0.2) is 60.7 Å². The molecule has 22 heavy (non-hydrogen) atoms. The number of carbonyl (C=O) groups is 1. The Hall–Kier alpha value is -2.54. The summed E-state index contributed by atoms with van der Waals surface area (Å²) in [6.45, 7) is 0. The Morgan fingerprint density at radius 2 is 1.64 bits per heavy atom. The molecule has 0 aliphatic rings. The van der Waals surface area contributed by atoms with Crippen LogP contribution in [0.25, 0.3) is 0 Å². The number of hydrogen-bond donors (Lipinski definition) is 4. The second-order valence-electron chi connectivity index (χ2n) is 4.52. The maximum atomic E-state index is 12.4. The first kappa shape index (κ1) is 15.8. The average molecular weight is 298 g/mol. The number of benzene rings is 2. The Labute approximate surface area is 128 Å². The van der Waals surface area contributed by atoms with Gasteiger partial charge in [0.1, 0.15) is 11.9 Å². The standard InChI is InChI=1S/C16H18N4O2/c1-22-20-19-14(12-8-4-2-5-9-12)16(21)18-15(17)13-10-6-3-7-11-13/h2-11,14,19-20H,1H3,(H2,17,18,21). The van der Waals surface area contributed by atoms with E-state index in [9.17, 15) is 4.79 Å². The van der Waals surface area contributed by atoms with E-state index in [1.54, 1.807) is 12.1 Å². The summed E-state index contributed by atoms with van der Waals surface area (Å²) in [6, 6.07) is 17.5. The van der Waals surface area contributed by atoms with Gasteiger partial charge >= 0.3 is 0 Å². The zero-order chi connectivity index (χ0) is 15.8. The van der Waals surface area contributed by atoms with Crippen molar-refractivity contribution in [2.45, 2.75) is 6.04 Å². The first-order valence-corrected chi connectivity index (χ1v) is 6.75. The van der Waals surface area contributed by atoms with Crippen LogP contribution in [0.2, 0.25) is 0 Å². The van der Waals surface area contributed by atoms with E-state index >= 15 is 0 Å². The van der Waals surface area contributed by atoms with Gasteiger partial charge < -0.3 is 5.32 Å². The van der Waals surface area contributed by atoms with Gasteiger partial charge in [0.05, 0.1) is 7.11 Å². The van der Waals surface area contributed by atoms with Crippen molar-refractivity contribution in [2.24, 2.45) is 0 Å². The zero-order valence-corrected chi connectivity index (χ0v) is 12.2. The monoisotopic (exact) mass is 298 g/mol. The van der Waals surface area contributed by atoms with Crippen LogP contribution < -0.4 is 16.3 Å². The lowest BCUT2D eigenvalue weighted by Gasteiger charge is -2.18. The van der Waals surface area contributed by atoms with Crippen LogP contribution >= 0.6 is 0 Å². The molecule has 2 rings (SSSR count). The van der Waals surface area contributed by atoms with Crippen molar-refractivity contribution in [3.05, 3.63) is 71.8 Å². The summed E-state index contributed by atoms with van der Waals surface area (Å²) >= 11 is 0. The van der Waals surface area contributed by atoms with E-state index in [1.165, 1.54) is 7.11 Å². The van der Waals surface area contributed by atoms with Crippen LogP contribution in [0.1, 0.15) is 17.2 Å². The molecule has 114 valence electrons. The van der Waals surface area contributed by atoms with Gasteiger partial charge in [-0.05, 0) is 5.56 Å². The molecule has 2 aromatic rings. The van der Waals surface area contributed by atoms with Crippen molar-refractivity contribution < 1.29 is 9.63 Å². The van der Waals surface area contributed by atoms with Crippen LogP contribution in [0, 0.1) is 5.41 Å². The average Bonchev–Trinajstić information content (AvgIpc) is 2.57. The zero-order valence-electron chi connectivity index (χ0n) is 12.2. The fourth-order valence-electron chi connectivity index (χ4n) is 1.94. The molecule has 0 aliphatic heterocycles. The molecule has 0 saturated carbocycles. The highest BCUT2D eigenvalue weighted by Crippen LogP contribution is 2.12. The third kappa shape index (κ3) is 4.23. The lowest BCUT2D eigenvalue weighted by Crippen LogP contribution is -2.45. The van der Waals surface area contributed by atoms with E-state index in [-0.39, 0.29) is 11.7 Å². The Balaban J connectivity index is 2.10. The quantitative estimate of drug-likeness (QED) is 0.370. The third-order valence-electron chi connectivity index (χ3n) is 3.01. The molecule has 0 heterocycles. The SMILES string of the molecule is CONNC(C(=O)NC(=N)c1ccccc1)c1ccccc1. The van der Waals surface area contributed by atoms with Gasteiger partial charge in [-0.3, -0.25) is 15.0 Å². The smallest absolute Gasteiger partial charge is 0.248 e. The minimum Gasteiger partial charge on any atom is -0.309 e. The first-order chi connectivity index (χ1) is 10.7. The Bertz CT molecular complexity index is 617. The van der Waals surface area contributed by atoms with Crippen LogP contribution in [0.5, 0.6) is 0 Å². The van der Waals surface area contributed by atoms with Gasteiger partial charge in [-0.1, -0.05) is 60.7 Å². The van der Waals surface area contributed by atoms with Crippen molar-refractivity contribution in [2.75, 3.05) is 7.11 Å². The molecule has 0 fully saturated rings. The molecule has 0 aliphatic carbocycles. The predicted molar refractivity (Wildman–Crippen MR) is 83.9 cm³/mol. The fraction of sp³-hybridized carbons (Fsp3) is 0.125. The second-order valence-corrected chi connectivity index (χ2v) is 4.52. The van der Waals surface area contributed by atoms with E-state index < -0.39 is 6.04 Å². The van der Waals surface area contributed by atoms with E-state index in [0.717, 1.165) is 5.56 Å². The molecular formula is C16H18N4O2. The van der Waals surface area contributed by atoms with Crippen molar-refractivity contribution in [3.63, 3.8) is 0 Å². The lowest BCUT2D eigenvalue weighted by atomic mass is 10.1. The number of carbonyl (C=O) groups excluding carboxylic acids is 1. The van der Waals surface area contributed by atoms with E-state index in [4.69, 9.17) is 10.2 Å². The molecule has 2 aromatic carbocycles. The summed E-state index contributed by atoms with van der Waals surface area (Å²) in [5.74, 6) is -0.310. The molecule has 0 aromatic heterocycles. The number of rotatable bonds is 6. The topological polar surface area (TPSA) is 86.2 Å². The maximum absolute atomic E-state index is 12.4. The largest absolute Gasteiger partial charge is 0.309 e. The first-order valence-electron chi connectivity index (χ1n) is 6.75. The normalized spacial score (nSPS) is 11.7. The van der Waals surface area contributed by atoms with Crippen LogP contribution in [-0.4, -0.2) is 18.9 Å². The minimum atomic E-state index is -0.690. The highest BCUT2D eigenvalue weighted by molar-refractivity contribution is 6.07. The molecule has 1 amide bonds. The summed E-state index contributed by atoms with van der Waals surface area (Å²) in [5.41, 5.74) is 6.62. The lowest BCUT2D eigenvalue weighted by molar-refractivity contribution is -0.123. The number of amides is 1. The molecule has 4 N–H and O–H groups in total. The molecule has 6 heteroatoms.